The lowest BCUT2D eigenvalue weighted by molar-refractivity contribution is -0.365. The van der Waals surface area contributed by atoms with Gasteiger partial charge in [0.25, 0.3) is 0 Å². The Morgan fingerprint density at radius 1 is 0.345 bits per heavy atom. The van der Waals surface area contributed by atoms with Crippen molar-refractivity contribution < 1.29 is 187 Å². The number of phosphoric acid groups is 1. The molecule has 1 aliphatic carbocycles. The Morgan fingerprint density at radius 3 is 1.01 bits per heavy atom. The predicted octanol–water partition coefficient (Wildman–Crippen LogP) is -2.21. The summed E-state index contributed by atoms with van der Waals surface area (Å²) in [6.45, 7) is -1.91. The number of hydrogen-bond donors (Lipinski definition) is 21. The van der Waals surface area contributed by atoms with Crippen molar-refractivity contribution in [1.29, 1.82) is 0 Å². The third-order valence-corrected chi connectivity index (χ3v) is 22.3. The van der Waals surface area contributed by atoms with Gasteiger partial charge in [-0.2, -0.15) is 0 Å². The Bertz CT molecular complexity index is 2660. The second kappa shape index (κ2) is 52.0. The number of unbranched alkanes of at least 4 members (excludes halogenated alkanes) is 24. The van der Waals surface area contributed by atoms with Gasteiger partial charge in [-0.15, -0.1) is 0 Å². The van der Waals surface area contributed by atoms with Crippen molar-refractivity contribution in [3.63, 3.8) is 0 Å². The number of aliphatic hydroxyl groups is 20. The third-order valence-electron chi connectivity index (χ3n) is 21.4. The number of ether oxygens (including phenoxy) is 12. The molecule has 0 aromatic heterocycles. The molecule has 21 N–H and O–H groups in total. The summed E-state index contributed by atoms with van der Waals surface area (Å²) < 4.78 is 92.9. The van der Waals surface area contributed by atoms with Crippen LogP contribution in [0, 0.1) is 0 Å². The van der Waals surface area contributed by atoms with E-state index in [2.05, 4.69) is 26.0 Å². The first kappa shape index (κ1) is 99.4. The van der Waals surface area contributed by atoms with Crippen LogP contribution in [-0.2, 0) is 80.0 Å². The molecule has 0 radical (unpaired) electrons. The Labute approximate surface area is 659 Å². The highest BCUT2D eigenvalue weighted by atomic mass is 31.2. The first-order chi connectivity index (χ1) is 54.0. The van der Waals surface area contributed by atoms with E-state index in [1.54, 1.807) is 0 Å². The van der Waals surface area contributed by atoms with Crippen LogP contribution in [0.1, 0.15) is 200 Å². The van der Waals surface area contributed by atoms with Crippen molar-refractivity contribution in [1.82, 2.24) is 0 Å². The van der Waals surface area contributed by atoms with Crippen LogP contribution in [0.2, 0.25) is 0 Å². The van der Waals surface area contributed by atoms with Gasteiger partial charge in [-0.3, -0.25) is 18.6 Å². The topological polar surface area (TPSA) is 605 Å². The molecule has 113 heavy (non-hydrogen) atoms. The number of aliphatic hydroxyl groups excluding tert-OH is 20. The molecule has 5 aliphatic heterocycles. The molecule has 38 nitrogen and oxygen atoms in total. The lowest BCUT2D eigenvalue weighted by atomic mass is 9.84. The average molecular weight is 1660 g/mol. The van der Waals surface area contributed by atoms with E-state index in [9.17, 15) is 121 Å². The van der Waals surface area contributed by atoms with Gasteiger partial charge in [0.2, 0.25) is 0 Å². The van der Waals surface area contributed by atoms with Gasteiger partial charge >= 0.3 is 19.8 Å². The SMILES string of the molecule is CCCCCC/C=C\CCCCCCCC(=O)O[C@H](COC(=O)CCCCCCCCCCCCCCCCCC)COP(=O)(O)O[C@@H]1C(O[C@@H]2OC(CO[C@@H]3OC(CO[C@@H]4OC(CO[C@@H]5OC(CO)[C@H](O)C(O)[C@@H]5O)[C@H](O)C(O)[C@@H]4O)[C@H](O)C(O)[C@@H]3O)[C@H](O)C(O)[C@@H]2O)C(O)[C@@H](O)C(O)[C@H]1O[C@H]1OC(CO)[C@@H](O)C(O)[C@H]1O. The molecule has 662 valence electrons. The maximum absolute atomic E-state index is 14.5. The minimum atomic E-state index is -5.86. The van der Waals surface area contributed by atoms with Crippen molar-refractivity contribution in [2.24, 2.45) is 0 Å². The smallest absolute Gasteiger partial charge is 0.462 e. The van der Waals surface area contributed by atoms with E-state index in [0.29, 0.717) is 19.3 Å². The zero-order valence-electron chi connectivity index (χ0n) is 64.9. The van der Waals surface area contributed by atoms with Crippen LogP contribution in [0.15, 0.2) is 12.2 Å². The van der Waals surface area contributed by atoms with E-state index in [4.69, 9.17) is 65.9 Å². The minimum Gasteiger partial charge on any atom is -0.462 e. The summed E-state index contributed by atoms with van der Waals surface area (Å²) in [4.78, 5) is 38.3. The maximum Gasteiger partial charge on any atom is 0.472 e. The van der Waals surface area contributed by atoms with E-state index in [1.807, 2.05) is 0 Å². The van der Waals surface area contributed by atoms with E-state index in [0.717, 1.165) is 77.0 Å². The van der Waals surface area contributed by atoms with Crippen molar-refractivity contribution in [2.75, 3.05) is 46.2 Å². The Hall–Kier alpha value is -2.41. The largest absolute Gasteiger partial charge is 0.472 e. The molecule has 0 aromatic carbocycles. The minimum absolute atomic E-state index is 0.0186. The van der Waals surface area contributed by atoms with Crippen LogP contribution < -0.4 is 0 Å². The van der Waals surface area contributed by atoms with Gasteiger partial charge in [0, 0.05) is 12.8 Å². The number of allylic oxidation sites excluding steroid dienone is 2. The van der Waals surface area contributed by atoms with E-state index in [1.165, 1.54) is 77.0 Å². The fourth-order valence-corrected chi connectivity index (χ4v) is 15.2. The molecule has 5 heterocycles. The van der Waals surface area contributed by atoms with Crippen molar-refractivity contribution in [3.8, 4) is 0 Å². The summed E-state index contributed by atoms with van der Waals surface area (Å²) in [5.41, 5.74) is 0. The first-order valence-corrected chi connectivity index (χ1v) is 42.1. The molecule has 6 fully saturated rings. The van der Waals surface area contributed by atoms with E-state index in [-0.39, 0.29) is 12.8 Å². The molecule has 0 amide bonds. The highest BCUT2D eigenvalue weighted by Crippen LogP contribution is 2.49. The normalized spacial score (nSPS) is 38.0. The summed E-state index contributed by atoms with van der Waals surface area (Å²) >= 11 is 0. The van der Waals surface area contributed by atoms with Crippen LogP contribution in [0.3, 0.4) is 0 Å². The zero-order chi connectivity index (χ0) is 82.9. The van der Waals surface area contributed by atoms with Crippen LogP contribution >= 0.6 is 7.82 Å². The number of rotatable bonds is 53. The predicted molar refractivity (Wildman–Crippen MR) is 389 cm³/mol. The summed E-state index contributed by atoms with van der Waals surface area (Å²) in [6.07, 6.45) is -34.2. The highest BCUT2D eigenvalue weighted by molar-refractivity contribution is 7.47. The van der Waals surface area contributed by atoms with Gasteiger partial charge in [-0.05, 0) is 38.5 Å². The van der Waals surface area contributed by atoms with E-state index < -0.39 is 262 Å². The number of carbonyl (C=O) groups is 2. The highest BCUT2D eigenvalue weighted by Gasteiger charge is 2.59. The maximum atomic E-state index is 14.5. The van der Waals surface area contributed by atoms with Gasteiger partial charge in [-0.1, -0.05) is 161 Å². The fraction of sp³-hybridized carbons (Fsp3) is 0.946. The molecule has 14 unspecified atom stereocenters. The standard InChI is InChI=1S/C74H133O38P/c1-3-5-7-9-11-13-15-17-18-19-21-22-24-26-28-30-32-47(77)99-36-41(104-48(78)33-31-29-27-25-23-20-16-14-12-10-8-6-4-2)37-103-113(97,98)112-69-67(110-73-65(95)55(85)50(80)43(35-76)106-73)60(90)59(89)61(91)68(69)111-74-66(96)58(88)53(83)46(109-74)40-102-72-64(94)57(87)52(82)45(108-72)39-101-71-63(93)56(86)51(81)44(107-71)38-100-70-62(92)54(84)49(79)42(34-75)105-70/h14,16,41-46,49-76,79-96H,3-13,15,17-40H2,1-2H3,(H,97,98)/b16-14-/t41-,42?,43?,44?,45?,46?,49+,50-,51+,52+,53+,54?,55?,56?,57?,58?,59+,60?,61?,62+,63+,64+,65-,66+,67-,68?,69+,70-,71-,72-,73-,74+/m1/s1. The molecular weight excluding hydrogens is 1530 g/mol. The number of esters is 2. The lowest BCUT2D eigenvalue weighted by Crippen LogP contribution is -2.69. The zero-order valence-corrected chi connectivity index (χ0v) is 65.8. The average Bonchev–Trinajstić information content (AvgIpc) is 0.769. The van der Waals surface area contributed by atoms with Gasteiger partial charge in [0.15, 0.2) is 37.6 Å². The van der Waals surface area contributed by atoms with Gasteiger partial charge in [-0.25, -0.2) is 4.57 Å². The third kappa shape index (κ3) is 31.2. The summed E-state index contributed by atoms with van der Waals surface area (Å²) in [5, 5.41) is 217. The molecule has 39 heteroatoms. The molecule has 0 bridgehead atoms. The molecule has 6 rings (SSSR count). The van der Waals surface area contributed by atoms with Crippen LogP contribution in [0.5, 0.6) is 0 Å². The quantitative estimate of drug-likeness (QED) is 0.0133. The fourth-order valence-electron chi connectivity index (χ4n) is 14.2. The van der Waals surface area contributed by atoms with Crippen LogP contribution in [0.25, 0.3) is 0 Å². The molecule has 1 saturated carbocycles. The summed E-state index contributed by atoms with van der Waals surface area (Å²) in [5.74, 6) is -1.48. The second-order valence-corrected chi connectivity index (χ2v) is 31.8. The second-order valence-electron chi connectivity index (χ2n) is 30.4. The molecule has 0 spiro atoms. The van der Waals surface area contributed by atoms with Gasteiger partial charge < -0.3 is 164 Å². The molecule has 0 aromatic rings. The molecular formula is C74H133O38P. The van der Waals surface area contributed by atoms with Crippen molar-refractivity contribution in [2.45, 2.75) is 396 Å². The van der Waals surface area contributed by atoms with Crippen LogP contribution in [-0.4, -0.2) is 361 Å². The summed E-state index contributed by atoms with van der Waals surface area (Å²) in [6, 6.07) is 0. The van der Waals surface area contributed by atoms with Gasteiger partial charge in [0.05, 0.1) is 39.6 Å². The number of hydrogen-bond acceptors (Lipinski definition) is 37. The lowest BCUT2D eigenvalue weighted by Gasteiger charge is -2.49. The molecule has 33 atom stereocenters. The Morgan fingerprint density at radius 2 is 0.637 bits per heavy atom. The Balaban J connectivity index is 1.13. The molecule has 5 saturated heterocycles. The Kier molecular flexibility index (Phi) is 45.8. The van der Waals surface area contributed by atoms with Crippen LogP contribution in [0.4, 0.5) is 0 Å². The number of carbonyl (C=O) groups excluding carboxylic acids is 2. The monoisotopic (exact) mass is 1660 g/mol. The van der Waals surface area contributed by atoms with E-state index >= 15 is 0 Å². The summed E-state index contributed by atoms with van der Waals surface area (Å²) in [7, 11) is -5.86. The van der Waals surface area contributed by atoms with Gasteiger partial charge in [0.1, 0.15) is 165 Å². The number of phosphoric ester groups is 1. The first-order valence-electron chi connectivity index (χ1n) is 40.6. The molecule has 6 aliphatic rings. The van der Waals surface area contributed by atoms with Crippen molar-refractivity contribution in [3.05, 3.63) is 12.2 Å². The van der Waals surface area contributed by atoms with Crippen molar-refractivity contribution >= 4 is 19.8 Å².